The zero-order chi connectivity index (χ0) is 18.7. The second-order valence-corrected chi connectivity index (χ2v) is 6.45. The van der Waals surface area contributed by atoms with Gasteiger partial charge in [-0.05, 0) is 36.6 Å². The topological polar surface area (TPSA) is 107 Å². The first kappa shape index (κ1) is 17.7. The molecule has 26 heavy (non-hydrogen) atoms. The number of methoxy groups -OCH3 is 1. The molecule has 7 nitrogen and oxygen atoms in total. The molecule has 2 amide bonds. The molecular formula is C18H17N3O4S. The van der Waals surface area contributed by atoms with Crippen LogP contribution in [0, 0.1) is 6.92 Å². The quantitative estimate of drug-likeness (QED) is 0.692. The van der Waals surface area contributed by atoms with Gasteiger partial charge in [-0.3, -0.25) is 9.59 Å². The second kappa shape index (κ2) is 7.40. The first-order valence-electron chi connectivity index (χ1n) is 7.76. The van der Waals surface area contributed by atoms with Crippen molar-refractivity contribution in [3.8, 4) is 16.5 Å². The lowest BCUT2D eigenvalue weighted by Gasteiger charge is -2.11. The molecule has 8 heteroatoms. The lowest BCUT2D eigenvalue weighted by molar-refractivity contribution is -0.115. The Kier molecular flexibility index (Phi) is 5.04. The monoisotopic (exact) mass is 371 g/mol. The molecule has 0 aliphatic heterocycles. The molecule has 0 atom stereocenters. The van der Waals surface area contributed by atoms with Gasteiger partial charge in [0.15, 0.2) is 0 Å². The molecular weight excluding hydrogens is 354 g/mol. The molecule has 0 bridgehead atoms. The highest BCUT2D eigenvalue weighted by atomic mass is 32.1. The zero-order valence-electron chi connectivity index (χ0n) is 14.2. The van der Waals surface area contributed by atoms with Gasteiger partial charge >= 0.3 is 0 Å². The summed E-state index contributed by atoms with van der Waals surface area (Å²) in [4.78, 5) is 29.1. The van der Waals surface area contributed by atoms with Gasteiger partial charge in [0.1, 0.15) is 11.5 Å². The zero-order valence-corrected chi connectivity index (χ0v) is 15.1. The summed E-state index contributed by atoms with van der Waals surface area (Å²) in [6.45, 7) is 1.76. The van der Waals surface area contributed by atoms with Crippen LogP contribution in [0.2, 0.25) is 0 Å². The minimum Gasteiger partial charge on any atom is -0.495 e. The van der Waals surface area contributed by atoms with Gasteiger partial charge in [0.05, 0.1) is 29.8 Å². The third kappa shape index (κ3) is 3.75. The van der Waals surface area contributed by atoms with Crippen LogP contribution in [0.1, 0.15) is 21.8 Å². The standard InChI is InChI=1S/C18H17N3O4S/c1-10-12(21-18(25-10)15-4-3-7-26-15)9-16(22)20-13-8-11(17(19)23)5-6-14(13)24-2/h3-8H,9H2,1-2H3,(H2,19,23)(H,20,22). The highest BCUT2D eigenvalue weighted by Gasteiger charge is 2.17. The third-order valence-electron chi connectivity index (χ3n) is 3.71. The molecule has 0 saturated heterocycles. The van der Waals surface area contributed by atoms with E-state index in [9.17, 15) is 9.59 Å². The Bertz CT molecular complexity index is 948. The molecule has 1 aromatic carbocycles. The van der Waals surface area contributed by atoms with Crippen molar-refractivity contribution >= 4 is 28.8 Å². The van der Waals surface area contributed by atoms with Gasteiger partial charge < -0.3 is 20.2 Å². The van der Waals surface area contributed by atoms with Crippen molar-refractivity contribution in [2.45, 2.75) is 13.3 Å². The van der Waals surface area contributed by atoms with Crippen molar-refractivity contribution in [1.82, 2.24) is 4.98 Å². The maximum Gasteiger partial charge on any atom is 0.248 e. The van der Waals surface area contributed by atoms with Crippen LogP contribution in [0.5, 0.6) is 5.75 Å². The van der Waals surface area contributed by atoms with Crippen molar-refractivity contribution in [1.29, 1.82) is 0 Å². The van der Waals surface area contributed by atoms with Crippen molar-refractivity contribution in [2.24, 2.45) is 5.73 Å². The molecule has 3 aromatic rings. The van der Waals surface area contributed by atoms with E-state index in [1.54, 1.807) is 13.0 Å². The summed E-state index contributed by atoms with van der Waals surface area (Å²) in [6.07, 6.45) is 0.0324. The Balaban J connectivity index is 1.77. The fourth-order valence-electron chi connectivity index (χ4n) is 2.40. The predicted octanol–water partition coefficient (Wildman–Crippen LogP) is 3.00. The highest BCUT2D eigenvalue weighted by molar-refractivity contribution is 7.13. The van der Waals surface area contributed by atoms with E-state index < -0.39 is 5.91 Å². The molecule has 0 aliphatic carbocycles. The number of anilines is 1. The molecule has 0 radical (unpaired) electrons. The van der Waals surface area contributed by atoms with Crippen LogP contribution in [0.3, 0.4) is 0 Å². The van der Waals surface area contributed by atoms with Gasteiger partial charge in [-0.15, -0.1) is 11.3 Å². The summed E-state index contributed by atoms with van der Waals surface area (Å²) in [5.41, 5.74) is 6.48. The minimum atomic E-state index is -0.587. The first-order valence-corrected chi connectivity index (χ1v) is 8.63. The number of nitrogens with zero attached hydrogens (tertiary/aromatic N) is 1. The number of hydrogen-bond acceptors (Lipinski definition) is 6. The number of amides is 2. The molecule has 134 valence electrons. The van der Waals surface area contributed by atoms with Gasteiger partial charge in [0.25, 0.3) is 0 Å². The normalized spacial score (nSPS) is 10.5. The molecule has 0 saturated carbocycles. The summed E-state index contributed by atoms with van der Waals surface area (Å²) in [6, 6.07) is 8.40. The average molecular weight is 371 g/mol. The maximum atomic E-state index is 12.4. The first-order chi connectivity index (χ1) is 12.5. The van der Waals surface area contributed by atoms with Gasteiger partial charge in [-0.1, -0.05) is 6.07 Å². The summed E-state index contributed by atoms with van der Waals surface area (Å²) in [5, 5.41) is 4.66. The number of primary amides is 1. The molecule has 2 heterocycles. The third-order valence-corrected chi connectivity index (χ3v) is 4.57. The fraction of sp³-hybridized carbons (Fsp3) is 0.167. The summed E-state index contributed by atoms with van der Waals surface area (Å²) < 4.78 is 10.8. The van der Waals surface area contributed by atoms with Crippen LogP contribution in [0.25, 0.3) is 10.8 Å². The minimum absolute atomic E-state index is 0.0324. The Morgan fingerprint density at radius 2 is 2.15 bits per heavy atom. The molecule has 3 N–H and O–H groups in total. The lowest BCUT2D eigenvalue weighted by atomic mass is 10.1. The van der Waals surface area contributed by atoms with Crippen LogP contribution >= 0.6 is 11.3 Å². The number of aryl methyl sites for hydroxylation is 1. The number of carbonyl (C=O) groups is 2. The number of nitrogens with one attached hydrogen (secondary N) is 1. The Labute approximate surface area is 153 Å². The Morgan fingerprint density at radius 3 is 2.81 bits per heavy atom. The largest absolute Gasteiger partial charge is 0.495 e. The van der Waals surface area contributed by atoms with E-state index in [0.717, 1.165) is 4.88 Å². The van der Waals surface area contributed by atoms with Crippen LogP contribution in [-0.4, -0.2) is 23.9 Å². The van der Waals surface area contributed by atoms with Crippen LogP contribution < -0.4 is 15.8 Å². The smallest absolute Gasteiger partial charge is 0.248 e. The molecule has 2 aromatic heterocycles. The summed E-state index contributed by atoms with van der Waals surface area (Å²) in [5.74, 6) is 0.615. The SMILES string of the molecule is COc1ccc(C(N)=O)cc1NC(=O)Cc1nc(-c2cccs2)oc1C. The van der Waals surface area contributed by atoms with E-state index in [1.165, 1.54) is 30.6 Å². The number of aromatic nitrogens is 1. The van der Waals surface area contributed by atoms with Crippen molar-refractivity contribution in [3.63, 3.8) is 0 Å². The van der Waals surface area contributed by atoms with Gasteiger partial charge in [0.2, 0.25) is 17.7 Å². The van der Waals surface area contributed by atoms with E-state index in [1.807, 2.05) is 17.5 Å². The number of thiophene rings is 1. The lowest BCUT2D eigenvalue weighted by Crippen LogP contribution is -2.17. The van der Waals surface area contributed by atoms with E-state index >= 15 is 0 Å². The second-order valence-electron chi connectivity index (χ2n) is 5.50. The molecule has 0 fully saturated rings. The van der Waals surface area contributed by atoms with Crippen molar-refractivity contribution in [3.05, 3.63) is 52.7 Å². The fourth-order valence-corrected chi connectivity index (χ4v) is 3.05. The van der Waals surface area contributed by atoms with E-state index in [-0.39, 0.29) is 17.9 Å². The highest BCUT2D eigenvalue weighted by Crippen LogP contribution is 2.27. The molecule has 3 rings (SSSR count). The Hall–Kier alpha value is -3.13. The number of ether oxygens (including phenoxy) is 1. The number of oxazole rings is 1. The molecule has 0 spiro atoms. The number of benzene rings is 1. The average Bonchev–Trinajstić information content (AvgIpc) is 3.25. The van der Waals surface area contributed by atoms with Crippen LogP contribution in [0.15, 0.2) is 40.1 Å². The number of carbonyl (C=O) groups excluding carboxylic acids is 2. The molecule has 0 aliphatic rings. The van der Waals surface area contributed by atoms with Gasteiger partial charge in [-0.25, -0.2) is 4.98 Å². The van der Waals surface area contributed by atoms with Gasteiger partial charge in [0, 0.05) is 5.56 Å². The Morgan fingerprint density at radius 1 is 1.35 bits per heavy atom. The van der Waals surface area contributed by atoms with Crippen molar-refractivity contribution < 1.29 is 18.7 Å². The summed E-state index contributed by atoms with van der Waals surface area (Å²) >= 11 is 1.51. The van der Waals surface area contributed by atoms with E-state index in [4.69, 9.17) is 14.9 Å². The van der Waals surface area contributed by atoms with Crippen molar-refractivity contribution in [2.75, 3.05) is 12.4 Å². The molecule has 0 unspecified atom stereocenters. The van der Waals surface area contributed by atoms with Gasteiger partial charge in [-0.2, -0.15) is 0 Å². The predicted molar refractivity (Wildman–Crippen MR) is 98.4 cm³/mol. The van der Waals surface area contributed by atoms with Crippen LogP contribution in [0.4, 0.5) is 5.69 Å². The van der Waals surface area contributed by atoms with E-state index in [2.05, 4.69) is 10.3 Å². The number of rotatable bonds is 6. The maximum absolute atomic E-state index is 12.4. The van der Waals surface area contributed by atoms with E-state index in [0.29, 0.717) is 28.8 Å². The van der Waals surface area contributed by atoms with Crippen LogP contribution in [-0.2, 0) is 11.2 Å². The number of nitrogens with two attached hydrogens (primary N) is 1. The summed E-state index contributed by atoms with van der Waals surface area (Å²) in [7, 11) is 1.48. The number of hydrogen-bond donors (Lipinski definition) is 2.